The molecule has 0 amide bonds. The second-order valence-corrected chi connectivity index (χ2v) is 3.99. The second-order valence-electron chi connectivity index (χ2n) is 3.99. The topological polar surface area (TPSA) is 58.3 Å². The van der Waals surface area contributed by atoms with E-state index < -0.39 is 0 Å². The maximum atomic E-state index is 5.56. The number of rotatable bonds is 3. The van der Waals surface area contributed by atoms with Crippen LogP contribution in [0.3, 0.4) is 0 Å². The summed E-state index contributed by atoms with van der Waals surface area (Å²) in [6.45, 7) is 8.03. The number of nitrogens with zero attached hydrogens (tertiary/aromatic N) is 4. The van der Waals surface area contributed by atoms with Gasteiger partial charge in [0.15, 0.2) is 0 Å². The summed E-state index contributed by atoms with van der Waals surface area (Å²) in [4.78, 5) is 13.4. The van der Waals surface area contributed by atoms with Gasteiger partial charge in [0.1, 0.15) is 5.82 Å². The van der Waals surface area contributed by atoms with Gasteiger partial charge in [0, 0.05) is 38.9 Å². The van der Waals surface area contributed by atoms with Crippen molar-refractivity contribution in [3.63, 3.8) is 0 Å². The molecule has 0 unspecified atom stereocenters. The van der Waals surface area contributed by atoms with Crippen LogP contribution in [-0.2, 0) is 6.54 Å². The number of hydrogen-bond acceptors (Lipinski definition) is 5. The van der Waals surface area contributed by atoms with E-state index >= 15 is 0 Å². The smallest absolute Gasteiger partial charge is 0.147 e. The van der Waals surface area contributed by atoms with Gasteiger partial charge in [-0.1, -0.05) is 6.92 Å². The molecule has 0 aromatic carbocycles. The molecule has 2 rings (SSSR count). The molecule has 88 valence electrons. The average molecular weight is 221 g/mol. The van der Waals surface area contributed by atoms with Crippen LogP contribution in [0.5, 0.6) is 0 Å². The van der Waals surface area contributed by atoms with Crippen molar-refractivity contribution in [1.29, 1.82) is 0 Å². The van der Waals surface area contributed by atoms with Crippen molar-refractivity contribution in [2.24, 2.45) is 5.73 Å². The minimum atomic E-state index is 0.454. The van der Waals surface area contributed by atoms with Crippen molar-refractivity contribution in [2.75, 3.05) is 37.6 Å². The molecular weight excluding hydrogens is 202 g/mol. The predicted octanol–water partition coefficient (Wildman–Crippen LogP) is 0.0772. The van der Waals surface area contributed by atoms with Crippen LogP contribution >= 0.6 is 0 Å². The summed E-state index contributed by atoms with van der Waals surface area (Å²) in [7, 11) is 0. The van der Waals surface area contributed by atoms with Gasteiger partial charge in [-0.15, -0.1) is 0 Å². The van der Waals surface area contributed by atoms with Gasteiger partial charge in [0.2, 0.25) is 0 Å². The first-order valence-corrected chi connectivity index (χ1v) is 5.81. The molecule has 0 saturated carbocycles. The minimum absolute atomic E-state index is 0.454. The summed E-state index contributed by atoms with van der Waals surface area (Å²) in [5, 5.41) is 0. The monoisotopic (exact) mass is 221 g/mol. The number of anilines is 1. The molecule has 0 aliphatic carbocycles. The molecule has 1 aliphatic rings. The molecule has 2 N–H and O–H groups in total. The van der Waals surface area contributed by atoms with E-state index in [1.165, 1.54) is 0 Å². The maximum absolute atomic E-state index is 5.56. The van der Waals surface area contributed by atoms with Crippen molar-refractivity contribution in [1.82, 2.24) is 14.9 Å². The van der Waals surface area contributed by atoms with Gasteiger partial charge in [-0.3, -0.25) is 4.98 Å². The van der Waals surface area contributed by atoms with Crippen molar-refractivity contribution in [2.45, 2.75) is 13.5 Å². The Labute approximate surface area is 96.3 Å². The summed E-state index contributed by atoms with van der Waals surface area (Å²) >= 11 is 0. The zero-order chi connectivity index (χ0) is 11.4. The van der Waals surface area contributed by atoms with Crippen LogP contribution in [0.15, 0.2) is 12.4 Å². The zero-order valence-corrected chi connectivity index (χ0v) is 9.76. The Morgan fingerprint density at radius 1 is 1.25 bits per heavy atom. The maximum Gasteiger partial charge on any atom is 0.147 e. The third-order valence-electron chi connectivity index (χ3n) is 3.02. The van der Waals surface area contributed by atoms with Gasteiger partial charge in [0.25, 0.3) is 0 Å². The molecule has 5 heteroatoms. The Balaban J connectivity index is 2.02. The van der Waals surface area contributed by atoms with E-state index in [-0.39, 0.29) is 0 Å². The van der Waals surface area contributed by atoms with Gasteiger partial charge >= 0.3 is 0 Å². The highest BCUT2D eigenvalue weighted by molar-refractivity contribution is 5.37. The lowest BCUT2D eigenvalue weighted by molar-refractivity contribution is 0.270. The molecule has 16 heavy (non-hydrogen) atoms. The molecule has 0 atom stereocenters. The highest BCUT2D eigenvalue weighted by Gasteiger charge is 2.16. The van der Waals surface area contributed by atoms with E-state index in [1.54, 1.807) is 6.20 Å². The highest BCUT2D eigenvalue weighted by Crippen LogP contribution is 2.12. The summed E-state index contributed by atoms with van der Waals surface area (Å²) in [5.41, 5.74) is 6.42. The van der Waals surface area contributed by atoms with Crippen molar-refractivity contribution < 1.29 is 0 Å². The van der Waals surface area contributed by atoms with Crippen LogP contribution in [0.25, 0.3) is 0 Å². The fourth-order valence-electron chi connectivity index (χ4n) is 1.94. The van der Waals surface area contributed by atoms with Gasteiger partial charge in [0.05, 0.1) is 11.9 Å². The zero-order valence-electron chi connectivity index (χ0n) is 9.76. The van der Waals surface area contributed by atoms with Gasteiger partial charge in [-0.05, 0) is 6.54 Å². The lowest BCUT2D eigenvalue weighted by Crippen LogP contribution is -2.46. The van der Waals surface area contributed by atoms with Crippen molar-refractivity contribution in [3.05, 3.63) is 18.1 Å². The van der Waals surface area contributed by atoms with Crippen LogP contribution in [-0.4, -0.2) is 47.6 Å². The van der Waals surface area contributed by atoms with Gasteiger partial charge < -0.3 is 15.5 Å². The van der Waals surface area contributed by atoms with Crippen LogP contribution in [0.4, 0.5) is 5.82 Å². The standard InChI is InChI=1S/C11H19N5/c1-2-15-3-5-16(6-4-15)11-9-13-8-10(7-12)14-11/h8-9H,2-7,12H2,1H3. The lowest BCUT2D eigenvalue weighted by Gasteiger charge is -2.34. The molecular formula is C11H19N5. The van der Waals surface area contributed by atoms with E-state index in [9.17, 15) is 0 Å². The Kier molecular flexibility index (Phi) is 3.69. The van der Waals surface area contributed by atoms with Gasteiger partial charge in [-0.25, -0.2) is 4.98 Å². The Hall–Kier alpha value is -1.20. The summed E-state index contributed by atoms with van der Waals surface area (Å²) in [5.74, 6) is 0.957. The fraction of sp³-hybridized carbons (Fsp3) is 0.636. The molecule has 1 aromatic heterocycles. The molecule has 0 radical (unpaired) electrons. The van der Waals surface area contributed by atoms with Crippen LogP contribution in [0, 0.1) is 0 Å². The summed E-state index contributed by atoms with van der Waals surface area (Å²) in [6.07, 6.45) is 3.55. The van der Waals surface area contributed by atoms with Crippen LogP contribution in [0.1, 0.15) is 12.6 Å². The largest absolute Gasteiger partial charge is 0.353 e. The summed E-state index contributed by atoms with van der Waals surface area (Å²) in [6, 6.07) is 0. The number of likely N-dealkylation sites (N-methyl/N-ethyl adjacent to an activating group) is 1. The normalized spacial score (nSPS) is 17.8. The lowest BCUT2D eigenvalue weighted by atomic mass is 10.3. The highest BCUT2D eigenvalue weighted by atomic mass is 15.3. The molecule has 1 aliphatic heterocycles. The average Bonchev–Trinajstić information content (AvgIpc) is 2.39. The fourth-order valence-corrected chi connectivity index (χ4v) is 1.94. The molecule has 0 bridgehead atoms. The third-order valence-corrected chi connectivity index (χ3v) is 3.02. The second kappa shape index (κ2) is 5.23. The first-order valence-electron chi connectivity index (χ1n) is 5.81. The van der Waals surface area contributed by atoms with E-state index in [0.29, 0.717) is 6.54 Å². The predicted molar refractivity (Wildman–Crippen MR) is 64.3 cm³/mol. The Morgan fingerprint density at radius 2 is 2.00 bits per heavy atom. The molecule has 0 spiro atoms. The minimum Gasteiger partial charge on any atom is -0.353 e. The van der Waals surface area contributed by atoms with Crippen LogP contribution in [0.2, 0.25) is 0 Å². The quantitative estimate of drug-likeness (QED) is 0.783. The van der Waals surface area contributed by atoms with E-state index in [1.807, 2.05) is 6.20 Å². The first-order chi connectivity index (χ1) is 7.83. The molecule has 2 heterocycles. The number of aromatic nitrogens is 2. The van der Waals surface area contributed by atoms with E-state index in [0.717, 1.165) is 44.2 Å². The van der Waals surface area contributed by atoms with Crippen molar-refractivity contribution in [3.8, 4) is 0 Å². The van der Waals surface area contributed by atoms with E-state index in [2.05, 4.69) is 26.7 Å². The SMILES string of the molecule is CCN1CCN(c2cncc(CN)n2)CC1. The number of nitrogens with two attached hydrogens (primary N) is 1. The van der Waals surface area contributed by atoms with E-state index in [4.69, 9.17) is 5.73 Å². The number of hydrogen-bond donors (Lipinski definition) is 1. The van der Waals surface area contributed by atoms with Gasteiger partial charge in [-0.2, -0.15) is 0 Å². The third kappa shape index (κ3) is 2.48. The first kappa shape index (κ1) is 11.3. The molecule has 1 saturated heterocycles. The molecule has 1 fully saturated rings. The summed E-state index contributed by atoms with van der Waals surface area (Å²) < 4.78 is 0. The van der Waals surface area contributed by atoms with Crippen LogP contribution < -0.4 is 10.6 Å². The molecule has 1 aromatic rings. The van der Waals surface area contributed by atoms with Crippen molar-refractivity contribution >= 4 is 5.82 Å². The Bertz CT molecular complexity index is 333. The number of piperazine rings is 1. The Morgan fingerprint density at radius 3 is 2.62 bits per heavy atom. The molecule has 5 nitrogen and oxygen atoms in total.